The number of hydrogen-bond donors (Lipinski definition) is 1. The largest absolute Gasteiger partial charge is 0.399 e. The minimum atomic E-state index is 0.254. The predicted octanol–water partition coefficient (Wildman–Crippen LogP) is 1.76. The normalized spacial score (nSPS) is 16.4. The Kier molecular flexibility index (Phi) is 5.41. The van der Waals surface area contributed by atoms with Gasteiger partial charge in [-0.25, -0.2) is 0 Å². The maximum absolute atomic E-state index is 12.2. The fraction of sp³-hybridized carbons (Fsp3) is 0.562. The van der Waals surface area contributed by atoms with Crippen LogP contribution in [-0.4, -0.2) is 48.4 Å². The Morgan fingerprint density at radius 3 is 2.55 bits per heavy atom. The number of carbonyl (C=O) groups is 1. The van der Waals surface area contributed by atoms with Crippen LogP contribution in [0.2, 0.25) is 0 Å². The van der Waals surface area contributed by atoms with Crippen LogP contribution < -0.4 is 5.73 Å². The number of nitrogens with two attached hydrogens (primary N) is 1. The van der Waals surface area contributed by atoms with Crippen LogP contribution in [0.25, 0.3) is 0 Å². The number of amides is 1. The zero-order valence-corrected chi connectivity index (χ0v) is 12.3. The van der Waals surface area contributed by atoms with Gasteiger partial charge < -0.3 is 10.6 Å². The predicted molar refractivity (Wildman–Crippen MR) is 82.5 cm³/mol. The number of benzene rings is 1. The van der Waals surface area contributed by atoms with Crippen molar-refractivity contribution in [1.82, 2.24) is 9.80 Å². The molecule has 1 fully saturated rings. The van der Waals surface area contributed by atoms with Crippen molar-refractivity contribution < 1.29 is 4.79 Å². The summed E-state index contributed by atoms with van der Waals surface area (Å²) in [4.78, 5) is 16.6. The lowest BCUT2D eigenvalue weighted by Crippen LogP contribution is -2.48. The van der Waals surface area contributed by atoms with Crippen LogP contribution in [-0.2, 0) is 11.2 Å². The third-order valence-electron chi connectivity index (χ3n) is 3.93. The number of carbonyl (C=O) groups excluding carboxylic acids is 1. The molecule has 0 spiro atoms. The Bertz CT molecular complexity index is 439. The summed E-state index contributed by atoms with van der Waals surface area (Å²) >= 11 is 0. The van der Waals surface area contributed by atoms with E-state index >= 15 is 0 Å². The summed E-state index contributed by atoms with van der Waals surface area (Å²) in [6.45, 7) is 7.08. The molecule has 20 heavy (non-hydrogen) atoms. The summed E-state index contributed by atoms with van der Waals surface area (Å²) in [7, 11) is 0. The van der Waals surface area contributed by atoms with Gasteiger partial charge in [0.1, 0.15) is 0 Å². The highest BCUT2D eigenvalue weighted by atomic mass is 16.2. The molecule has 0 atom stereocenters. The second-order valence-electron chi connectivity index (χ2n) is 5.42. The standard InChI is InChI=1S/C16H25N3O/c1-2-9-18-10-12-19(13-11-18)16(20)8-7-14-5-3-4-6-15(14)17/h3-6H,2,7-13,17H2,1H3. The van der Waals surface area contributed by atoms with Crippen molar-refractivity contribution >= 4 is 11.6 Å². The van der Waals surface area contributed by atoms with Crippen LogP contribution in [0.5, 0.6) is 0 Å². The van der Waals surface area contributed by atoms with Crippen molar-refractivity contribution in [3.8, 4) is 0 Å². The molecule has 1 aromatic rings. The van der Waals surface area contributed by atoms with E-state index in [1.54, 1.807) is 0 Å². The molecule has 4 heteroatoms. The molecule has 1 aliphatic rings. The van der Waals surface area contributed by atoms with Gasteiger partial charge in [0.2, 0.25) is 5.91 Å². The van der Waals surface area contributed by atoms with Crippen molar-refractivity contribution in [2.45, 2.75) is 26.2 Å². The third kappa shape index (κ3) is 3.97. The molecule has 0 aromatic heterocycles. The molecule has 0 unspecified atom stereocenters. The molecule has 0 saturated carbocycles. The van der Waals surface area contributed by atoms with E-state index in [9.17, 15) is 4.79 Å². The molecule has 2 N–H and O–H groups in total. The zero-order chi connectivity index (χ0) is 14.4. The minimum Gasteiger partial charge on any atom is -0.399 e. The van der Waals surface area contributed by atoms with Gasteiger partial charge in [-0.15, -0.1) is 0 Å². The molecule has 0 radical (unpaired) electrons. The monoisotopic (exact) mass is 275 g/mol. The summed E-state index contributed by atoms with van der Waals surface area (Å²) in [5.41, 5.74) is 7.76. The van der Waals surface area contributed by atoms with Crippen molar-refractivity contribution in [3.63, 3.8) is 0 Å². The molecule has 1 heterocycles. The first-order valence-corrected chi connectivity index (χ1v) is 7.54. The van der Waals surface area contributed by atoms with Crippen molar-refractivity contribution in [1.29, 1.82) is 0 Å². The first-order chi connectivity index (χ1) is 9.70. The number of anilines is 1. The van der Waals surface area contributed by atoms with E-state index < -0.39 is 0 Å². The summed E-state index contributed by atoms with van der Waals surface area (Å²) in [5.74, 6) is 0.254. The van der Waals surface area contributed by atoms with Crippen LogP contribution in [0.15, 0.2) is 24.3 Å². The highest BCUT2D eigenvalue weighted by Crippen LogP contribution is 2.14. The number of rotatable bonds is 5. The molecule has 1 aliphatic heterocycles. The summed E-state index contributed by atoms with van der Waals surface area (Å²) in [6.07, 6.45) is 2.48. The maximum atomic E-state index is 12.2. The lowest BCUT2D eigenvalue weighted by atomic mass is 10.1. The van der Waals surface area contributed by atoms with Gasteiger partial charge in [-0.1, -0.05) is 25.1 Å². The lowest BCUT2D eigenvalue weighted by Gasteiger charge is -2.34. The molecule has 1 aromatic carbocycles. The van der Waals surface area contributed by atoms with Crippen LogP contribution in [0.4, 0.5) is 5.69 Å². The maximum Gasteiger partial charge on any atom is 0.222 e. The Labute approximate surface area is 121 Å². The molecule has 0 bridgehead atoms. The molecular formula is C16H25N3O. The molecule has 1 amide bonds. The van der Waals surface area contributed by atoms with Gasteiger partial charge in [0.25, 0.3) is 0 Å². The summed E-state index contributed by atoms with van der Waals surface area (Å²) in [5, 5.41) is 0. The van der Waals surface area contributed by atoms with Gasteiger partial charge >= 0.3 is 0 Å². The molecular weight excluding hydrogens is 250 g/mol. The Balaban J connectivity index is 1.77. The SMILES string of the molecule is CCCN1CCN(C(=O)CCc2ccccc2N)CC1. The van der Waals surface area contributed by atoms with E-state index in [-0.39, 0.29) is 5.91 Å². The highest BCUT2D eigenvalue weighted by Gasteiger charge is 2.20. The van der Waals surface area contributed by atoms with Gasteiger partial charge in [0, 0.05) is 38.3 Å². The van der Waals surface area contributed by atoms with Gasteiger partial charge in [-0.3, -0.25) is 9.69 Å². The second kappa shape index (κ2) is 7.29. The quantitative estimate of drug-likeness (QED) is 0.833. The molecule has 0 aliphatic carbocycles. The van der Waals surface area contributed by atoms with E-state index in [1.807, 2.05) is 29.2 Å². The first-order valence-electron chi connectivity index (χ1n) is 7.54. The van der Waals surface area contributed by atoms with Gasteiger partial charge in [0.15, 0.2) is 0 Å². The Morgan fingerprint density at radius 1 is 1.20 bits per heavy atom. The van der Waals surface area contributed by atoms with Crippen molar-refractivity contribution in [3.05, 3.63) is 29.8 Å². The zero-order valence-electron chi connectivity index (χ0n) is 12.3. The molecule has 4 nitrogen and oxygen atoms in total. The smallest absolute Gasteiger partial charge is 0.222 e. The van der Waals surface area contributed by atoms with Crippen LogP contribution in [0.1, 0.15) is 25.3 Å². The van der Waals surface area contributed by atoms with E-state index in [1.165, 1.54) is 6.42 Å². The Hall–Kier alpha value is -1.55. The third-order valence-corrected chi connectivity index (χ3v) is 3.93. The van der Waals surface area contributed by atoms with Crippen LogP contribution in [0.3, 0.4) is 0 Å². The highest BCUT2D eigenvalue weighted by molar-refractivity contribution is 5.76. The number of nitrogen functional groups attached to an aromatic ring is 1. The van der Waals surface area contributed by atoms with E-state index in [4.69, 9.17) is 5.73 Å². The average Bonchev–Trinajstić information content (AvgIpc) is 2.47. The number of hydrogen-bond acceptors (Lipinski definition) is 3. The van der Waals surface area contributed by atoms with E-state index in [0.29, 0.717) is 6.42 Å². The van der Waals surface area contributed by atoms with E-state index in [0.717, 1.165) is 50.4 Å². The molecule has 110 valence electrons. The Morgan fingerprint density at radius 2 is 1.90 bits per heavy atom. The number of nitrogens with zero attached hydrogens (tertiary/aromatic N) is 2. The summed E-state index contributed by atoms with van der Waals surface area (Å²) < 4.78 is 0. The van der Waals surface area contributed by atoms with Gasteiger partial charge in [-0.2, -0.15) is 0 Å². The fourth-order valence-corrected chi connectivity index (χ4v) is 2.70. The second-order valence-corrected chi connectivity index (χ2v) is 5.42. The number of para-hydroxylation sites is 1. The number of aryl methyl sites for hydroxylation is 1. The van der Waals surface area contributed by atoms with Crippen molar-refractivity contribution in [2.24, 2.45) is 0 Å². The molecule has 1 saturated heterocycles. The van der Waals surface area contributed by atoms with E-state index in [2.05, 4.69) is 11.8 Å². The first kappa shape index (κ1) is 14.9. The molecule has 2 rings (SSSR count). The van der Waals surface area contributed by atoms with Crippen LogP contribution in [0, 0.1) is 0 Å². The number of piperazine rings is 1. The van der Waals surface area contributed by atoms with Crippen molar-refractivity contribution in [2.75, 3.05) is 38.5 Å². The van der Waals surface area contributed by atoms with Crippen LogP contribution >= 0.6 is 0 Å². The average molecular weight is 275 g/mol. The minimum absolute atomic E-state index is 0.254. The van der Waals surface area contributed by atoms with Gasteiger partial charge in [-0.05, 0) is 31.0 Å². The summed E-state index contributed by atoms with van der Waals surface area (Å²) in [6, 6.07) is 7.79. The topological polar surface area (TPSA) is 49.6 Å². The lowest BCUT2D eigenvalue weighted by molar-refractivity contribution is -0.132. The fourth-order valence-electron chi connectivity index (χ4n) is 2.70. The van der Waals surface area contributed by atoms with Gasteiger partial charge in [0.05, 0.1) is 0 Å².